The van der Waals surface area contributed by atoms with Crippen molar-refractivity contribution in [1.82, 2.24) is 4.90 Å². The predicted molar refractivity (Wildman–Crippen MR) is 98.8 cm³/mol. The number of rotatable bonds is 4. The molecule has 0 unspecified atom stereocenters. The van der Waals surface area contributed by atoms with Gasteiger partial charge in [0, 0.05) is 38.1 Å². The fourth-order valence-electron chi connectivity index (χ4n) is 3.56. The number of hydrogen-bond donors (Lipinski definition) is 0. The van der Waals surface area contributed by atoms with E-state index in [-0.39, 0.29) is 18.3 Å². The van der Waals surface area contributed by atoms with Gasteiger partial charge in [-0.05, 0) is 5.92 Å². The fraction of sp³-hybridized carbons (Fsp3) is 0.600. The monoisotopic (exact) mass is 377 g/mol. The second-order valence-electron chi connectivity index (χ2n) is 7.55. The van der Waals surface area contributed by atoms with E-state index in [2.05, 4.69) is 0 Å². The molecule has 0 atom stereocenters. The first-order valence-corrected chi connectivity index (χ1v) is 9.27. The van der Waals surface area contributed by atoms with Crippen molar-refractivity contribution in [2.45, 2.75) is 38.7 Å². The SMILES string of the molecule is COc1cc(OC)c2c(c1)OC1(CCN(C(=O)OCC(C)C)CC1)CC2=O. The Balaban J connectivity index is 1.73. The second-order valence-corrected chi connectivity index (χ2v) is 7.55. The van der Waals surface area contributed by atoms with Crippen LogP contribution in [0.3, 0.4) is 0 Å². The number of benzene rings is 1. The van der Waals surface area contributed by atoms with E-state index in [9.17, 15) is 9.59 Å². The maximum atomic E-state index is 12.8. The average molecular weight is 377 g/mol. The molecule has 7 nitrogen and oxygen atoms in total. The van der Waals surface area contributed by atoms with Gasteiger partial charge in [-0.25, -0.2) is 4.79 Å². The molecule has 0 N–H and O–H groups in total. The maximum Gasteiger partial charge on any atom is 0.409 e. The van der Waals surface area contributed by atoms with Gasteiger partial charge in [0.2, 0.25) is 0 Å². The van der Waals surface area contributed by atoms with E-state index in [4.69, 9.17) is 18.9 Å². The molecular formula is C20H27NO6. The van der Waals surface area contributed by atoms with Crippen molar-refractivity contribution in [2.75, 3.05) is 33.9 Å². The standard InChI is InChI=1S/C20H27NO6/c1-13(2)12-26-19(23)21-7-5-20(6-8-21)11-15(22)18-16(25-4)9-14(24-3)10-17(18)27-20/h9-10,13H,5-8,11-12H2,1-4H3. The van der Waals surface area contributed by atoms with Crippen molar-refractivity contribution < 1.29 is 28.5 Å². The number of ether oxygens (including phenoxy) is 4. The third-order valence-electron chi connectivity index (χ3n) is 5.06. The lowest BCUT2D eigenvalue weighted by Crippen LogP contribution is -2.52. The Morgan fingerprint density at radius 3 is 2.52 bits per heavy atom. The summed E-state index contributed by atoms with van der Waals surface area (Å²) in [4.78, 5) is 26.7. The summed E-state index contributed by atoms with van der Waals surface area (Å²) in [5, 5.41) is 0. The Kier molecular flexibility index (Phi) is 5.48. The van der Waals surface area contributed by atoms with Crippen LogP contribution in [-0.2, 0) is 4.74 Å². The van der Waals surface area contributed by atoms with Crippen LogP contribution in [-0.4, -0.2) is 56.3 Å². The number of likely N-dealkylation sites (tertiary alicyclic amines) is 1. The van der Waals surface area contributed by atoms with Crippen LogP contribution in [0.5, 0.6) is 17.2 Å². The summed E-state index contributed by atoms with van der Waals surface area (Å²) in [6.07, 6.45) is 1.13. The van der Waals surface area contributed by atoms with E-state index >= 15 is 0 Å². The molecule has 27 heavy (non-hydrogen) atoms. The first-order valence-electron chi connectivity index (χ1n) is 9.27. The second kappa shape index (κ2) is 7.66. The fourth-order valence-corrected chi connectivity index (χ4v) is 3.56. The number of amides is 1. The lowest BCUT2D eigenvalue weighted by Gasteiger charge is -2.43. The molecule has 0 aromatic heterocycles. The first-order chi connectivity index (χ1) is 12.9. The van der Waals surface area contributed by atoms with Crippen LogP contribution >= 0.6 is 0 Å². The summed E-state index contributed by atoms with van der Waals surface area (Å²) >= 11 is 0. The van der Waals surface area contributed by atoms with Gasteiger partial charge in [-0.2, -0.15) is 0 Å². The molecule has 1 spiro atoms. The topological polar surface area (TPSA) is 74.3 Å². The molecule has 0 bridgehead atoms. The van der Waals surface area contributed by atoms with Crippen molar-refractivity contribution in [2.24, 2.45) is 5.92 Å². The molecule has 2 aliphatic rings. The van der Waals surface area contributed by atoms with Gasteiger partial charge in [-0.1, -0.05) is 13.8 Å². The lowest BCUT2D eigenvalue weighted by atomic mass is 9.82. The number of Topliss-reactive ketones (excluding diaryl/α,β-unsaturated/α-hetero) is 1. The van der Waals surface area contributed by atoms with Crippen LogP contribution in [0.4, 0.5) is 4.79 Å². The van der Waals surface area contributed by atoms with Crippen LogP contribution < -0.4 is 14.2 Å². The normalized spacial score (nSPS) is 18.1. The highest BCUT2D eigenvalue weighted by Gasteiger charge is 2.45. The largest absolute Gasteiger partial charge is 0.496 e. The number of nitrogens with zero attached hydrogens (tertiary/aromatic N) is 1. The lowest BCUT2D eigenvalue weighted by molar-refractivity contribution is -0.0104. The third kappa shape index (κ3) is 3.96. The summed E-state index contributed by atoms with van der Waals surface area (Å²) in [7, 11) is 3.08. The number of methoxy groups -OCH3 is 2. The molecule has 1 saturated heterocycles. The molecule has 2 heterocycles. The van der Waals surface area contributed by atoms with Gasteiger partial charge in [0.25, 0.3) is 0 Å². The Labute approximate surface area is 159 Å². The molecule has 148 valence electrons. The summed E-state index contributed by atoms with van der Waals surface area (Å²) < 4.78 is 22.2. The molecule has 2 aliphatic heterocycles. The van der Waals surface area contributed by atoms with Crippen LogP contribution in [0.2, 0.25) is 0 Å². The van der Waals surface area contributed by atoms with Crippen molar-refractivity contribution in [3.05, 3.63) is 17.7 Å². The Morgan fingerprint density at radius 2 is 1.93 bits per heavy atom. The Morgan fingerprint density at radius 1 is 1.22 bits per heavy atom. The van der Waals surface area contributed by atoms with Crippen molar-refractivity contribution in [3.8, 4) is 17.2 Å². The van der Waals surface area contributed by atoms with E-state index in [1.807, 2.05) is 13.8 Å². The van der Waals surface area contributed by atoms with Gasteiger partial charge in [-0.3, -0.25) is 4.79 Å². The van der Waals surface area contributed by atoms with E-state index in [1.54, 1.807) is 24.1 Å². The minimum atomic E-state index is -0.601. The van der Waals surface area contributed by atoms with Crippen LogP contribution in [0.1, 0.15) is 43.5 Å². The summed E-state index contributed by atoms with van der Waals surface area (Å²) in [5.41, 5.74) is -0.140. The zero-order valence-electron chi connectivity index (χ0n) is 16.4. The average Bonchev–Trinajstić information content (AvgIpc) is 2.65. The van der Waals surface area contributed by atoms with Gasteiger partial charge >= 0.3 is 6.09 Å². The zero-order chi connectivity index (χ0) is 19.6. The molecule has 1 aromatic carbocycles. The number of hydrogen-bond acceptors (Lipinski definition) is 6. The maximum absolute atomic E-state index is 12.8. The minimum Gasteiger partial charge on any atom is -0.496 e. The highest BCUT2D eigenvalue weighted by Crippen LogP contribution is 2.44. The van der Waals surface area contributed by atoms with Crippen molar-refractivity contribution in [3.63, 3.8) is 0 Å². The molecule has 1 amide bonds. The van der Waals surface area contributed by atoms with Gasteiger partial charge in [0.05, 0.1) is 27.2 Å². The van der Waals surface area contributed by atoms with Crippen LogP contribution in [0.25, 0.3) is 0 Å². The third-order valence-corrected chi connectivity index (χ3v) is 5.06. The Bertz CT molecular complexity index is 721. The van der Waals surface area contributed by atoms with E-state index in [0.717, 1.165) is 0 Å². The molecule has 3 rings (SSSR count). The molecular weight excluding hydrogens is 350 g/mol. The molecule has 0 radical (unpaired) electrons. The number of carbonyl (C=O) groups is 2. The van der Waals surface area contributed by atoms with Gasteiger partial charge < -0.3 is 23.8 Å². The van der Waals surface area contributed by atoms with Crippen LogP contribution in [0, 0.1) is 5.92 Å². The van der Waals surface area contributed by atoms with E-state index < -0.39 is 5.60 Å². The van der Waals surface area contributed by atoms with Crippen molar-refractivity contribution >= 4 is 11.9 Å². The number of ketones is 1. The summed E-state index contributed by atoms with van der Waals surface area (Å²) in [5.74, 6) is 1.81. The van der Waals surface area contributed by atoms with Crippen LogP contribution in [0.15, 0.2) is 12.1 Å². The number of fused-ring (bicyclic) bond motifs is 1. The predicted octanol–water partition coefficient (Wildman–Crippen LogP) is 3.30. The summed E-state index contributed by atoms with van der Waals surface area (Å²) in [6, 6.07) is 3.41. The zero-order valence-corrected chi connectivity index (χ0v) is 16.4. The van der Waals surface area contributed by atoms with Gasteiger partial charge in [0.1, 0.15) is 28.4 Å². The van der Waals surface area contributed by atoms with Crippen molar-refractivity contribution in [1.29, 1.82) is 0 Å². The van der Waals surface area contributed by atoms with Gasteiger partial charge in [-0.15, -0.1) is 0 Å². The molecule has 7 heteroatoms. The van der Waals surface area contributed by atoms with Gasteiger partial charge in [0.15, 0.2) is 5.78 Å². The highest BCUT2D eigenvalue weighted by molar-refractivity contribution is 6.03. The quantitative estimate of drug-likeness (QED) is 0.802. The number of piperidine rings is 1. The van der Waals surface area contributed by atoms with E-state index in [0.29, 0.717) is 61.3 Å². The molecule has 0 aliphatic carbocycles. The molecule has 1 fully saturated rings. The smallest absolute Gasteiger partial charge is 0.409 e. The number of carbonyl (C=O) groups excluding carboxylic acids is 2. The minimum absolute atomic E-state index is 0.00779. The highest BCUT2D eigenvalue weighted by atomic mass is 16.6. The molecule has 1 aromatic rings. The summed E-state index contributed by atoms with van der Waals surface area (Å²) in [6.45, 7) is 5.41. The van der Waals surface area contributed by atoms with E-state index in [1.165, 1.54) is 7.11 Å². The first kappa shape index (κ1) is 19.3. The molecule has 0 saturated carbocycles. The Hall–Kier alpha value is -2.44.